The fourth-order valence-electron chi connectivity index (χ4n) is 3.64. The number of carboxylic acid groups (broad SMARTS) is 2. The Morgan fingerprint density at radius 2 is 1.34 bits per heavy atom. The zero-order valence-corrected chi connectivity index (χ0v) is 18.5. The van der Waals surface area contributed by atoms with Gasteiger partial charge in [0.1, 0.15) is 5.75 Å². The van der Waals surface area contributed by atoms with Crippen molar-refractivity contribution in [3.8, 4) is 11.5 Å². The average molecular weight is 467 g/mol. The van der Waals surface area contributed by atoms with Crippen LogP contribution in [0.1, 0.15) is 42.2 Å². The summed E-state index contributed by atoms with van der Waals surface area (Å²) in [7, 11) is 0. The molecule has 0 aliphatic heterocycles. The van der Waals surface area contributed by atoms with Gasteiger partial charge in [-0.05, 0) is 53.9 Å². The first-order chi connectivity index (χ1) is 16.9. The third-order valence-electron chi connectivity index (χ3n) is 5.31. The van der Waals surface area contributed by atoms with Crippen molar-refractivity contribution < 1.29 is 29.3 Å². The van der Waals surface area contributed by atoms with Gasteiger partial charge in [0.15, 0.2) is 5.75 Å². The predicted octanol–water partition coefficient (Wildman–Crippen LogP) is 5.72. The van der Waals surface area contributed by atoms with Crippen LogP contribution in [-0.4, -0.2) is 28.1 Å². The van der Waals surface area contributed by atoms with Crippen LogP contribution in [0.5, 0.6) is 11.5 Å². The third kappa shape index (κ3) is 5.54. The van der Waals surface area contributed by atoms with Crippen molar-refractivity contribution >= 4 is 23.5 Å². The van der Waals surface area contributed by atoms with Gasteiger partial charge in [-0.25, -0.2) is 9.59 Å². The highest BCUT2D eigenvalue weighted by molar-refractivity contribution is 6.06. The molecule has 0 aliphatic rings. The molecule has 0 saturated carbocycles. The molecule has 3 N–H and O–H groups in total. The van der Waals surface area contributed by atoms with E-state index in [1.54, 1.807) is 36.4 Å². The summed E-state index contributed by atoms with van der Waals surface area (Å²) < 4.78 is 5.83. The Labute approximate surface area is 201 Å². The molecule has 174 valence electrons. The van der Waals surface area contributed by atoms with Gasteiger partial charge in [0.25, 0.3) is 5.91 Å². The lowest BCUT2D eigenvalue weighted by Gasteiger charge is -2.14. The van der Waals surface area contributed by atoms with E-state index in [0.717, 1.165) is 17.2 Å². The summed E-state index contributed by atoms with van der Waals surface area (Å²) in [4.78, 5) is 36.0. The lowest BCUT2D eigenvalue weighted by molar-refractivity contribution is 0.0651. The van der Waals surface area contributed by atoms with Gasteiger partial charge in [-0.3, -0.25) is 4.79 Å². The standard InChI is InChI=1S/C28H21NO6/c30-26(21-11-5-4-10-19(21)16-18-8-2-1-3-9-18)29-24-12-6-7-13-25(24)35-20-14-15-22(27(31)32)23(17-20)28(33)34/h1-15,17H,16H2,(H,29,30)(H,31,32)(H,33,34). The minimum atomic E-state index is -1.38. The van der Waals surface area contributed by atoms with E-state index in [-0.39, 0.29) is 23.0 Å². The van der Waals surface area contributed by atoms with Crippen molar-refractivity contribution in [2.45, 2.75) is 6.42 Å². The van der Waals surface area contributed by atoms with Crippen LogP contribution in [0.15, 0.2) is 97.1 Å². The first-order valence-corrected chi connectivity index (χ1v) is 10.7. The quantitative estimate of drug-likeness (QED) is 0.306. The second-order valence-corrected chi connectivity index (χ2v) is 7.69. The molecule has 0 aliphatic carbocycles. The maximum atomic E-state index is 13.2. The largest absolute Gasteiger partial charge is 0.478 e. The number of carboxylic acids is 2. The fourth-order valence-corrected chi connectivity index (χ4v) is 3.64. The minimum Gasteiger partial charge on any atom is -0.478 e. The number of nitrogens with one attached hydrogen (secondary N) is 1. The average Bonchev–Trinajstić information content (AvgIpc) is 2.86. The number of aromatic carboxylic acids is 2. The van der Waals surface area contributed by atoms with Gasteiger partial charge in [0.2, 0.25) is 0 Å². The number of rotatable bonds is 8. The Kier molecular flexibility index (Phi) is 6.88. The zero-order valence-electron chi connectivity index (χ0n) is 18.5. The molecule has 4 aromatic rings. The van der Waals surface area contributed by atoms with Crippen LogP contribution in [0.25, 0.3) is 0 Å². The molecule has 1 amide bonds. The van der Waals surface area contributed by atoms with E-state index in [1.807, 2.05) is 42.5 Å². The van der Waals surface area contributed by atoms with Crippen LogP contribution in [0.2, 0.25) is 0 Å². The maximum absolute atomic E-state index is 13.2. The molecule has 4 rings (SSSR count). The molecule has 0 fully saturated rings. The maximum Gasteiger partial charge on any atom is 0.336 e. The van der Waals surface area contributed by atoms with Gasteiger partial charge in [-0.1, -0.05) is 60.7 Å². The molecule has 0 spiro atoms. The molecular weight excluding hydrogens is 446 g/mol. The third-order valence-corrected chi connectivity index (χ3v) is 5.31. The topological polar surface area (TPSA) is 113 Å². The molecule has 0 radical (unpaired) electrons. The van der Waals surface area contributed by atoms with Crippen LogP contribution in [0.3, 0.4) is 0 Å². The summed E-state index contributed by atoms with van der Waals surface area (Å²) in [6.07, 6.45) is 0.594. The van der Waals surface area contributed by atoms with Crippen LogP contribution >= 0.6 is 0 Å². The number of anilines is 1. The fraction of sp³-hybridized carbons (Fsp3) is 0.0357. The van der Waals surface area contributed by atoms with Gasteiger partial charge in [0.05, 0.1) is 16.8 Å². The van der Waals surface area contributed by atoms with E-state index in [2.05, 4.69) is 5.32 Å². The number of hydrogen-bond acceptors (Lipinski definition) is 4. The van der Waals surface area contributed by atoms with Gasteiger partial charge < -0.3 is 20.3 Å². The Bertz CT molecular complexity index is 1400. The first kappa shape index (κ1) is 23.3. The number of carbonyl (C=O) groups is 3. The molecule has 0 aromatic heterocycles. The number of amides is 1. The zero-order chi connectivity index (χ0) is 24.8. The molecule has 7 heteroatoms. The molecule has 35 heavy (non-hydrogen) atoms. The molecule has 0 heterocycles. The van der Waals surface area contributed by atoms with Gasteiger partial charge >= 0.3 is 11.9 Å². The van der Waals surface area contributed by atoms with E-state index in [1.165, 1.54) is 12.1 Å². The van der Waals surface area contributed by atoms with Crippen LogP contribution in [0, 0.1) is 0 Å². The molecular formula is C28H21NO6. The summed E-state index contributed by atoms with van der Waals surface area (Å²) in [5.41, 5.74) is 2.10. The van der Waals surface area contributed by atoms with E-state index < -0.39 is 17.5 Å². The van der Waals surface area contributed by atoms with E-state index in [4.69, 9.17) is 4.74 Å². The predicted molar refractivity (Wildman–Crippen MR) is 131 cm³/mol. The summed E-state index contributed by atoms with van der Waals surface area (Å²) in [5, 5.41) is 21.4. The second-order valence-electron chi connectivity index (χ2n) is 7.69. The van der Waals surface area contributed by atoms with Crippen molar-refractivity contribution in [1.82, 2.24) is 0 Å². The normalized spacial score (nSPS) is 10.4. The molecule has 0 unspecified atom stereocenters. The second kappa shape index (κ2) is 10.4. The van der Waals surface area contributed by atoms with Crippen molar-refractivity contribution in [2.75, 3.05) is 5.32 Å². The number of hydrogen-bond donors (Lipinski definition) is 3. The Morgan fingerprint density at radius 1 is 0.686 bits per heavy atom. The van der Waals surface area contributed by atoms with E-state index >= 15 is 0 Å². The number of benzene rings is 4. The highest BCUT2D eigenvalue weighted by Gasteiger charge is 2.18. The Hall–Kier alpha value is -4.91. The molecule has 4 aromatic carbocycles. The van der Waals surface area contributed by atoms with Gasteiger partial charge in [-0.15, -0.1) is 0 Å². The van der Waals surface area contributed by atoms with Crippen molar-refractivity contribution in [3.63, 3.8) is 0 Å². The summed E-state index contributed by atoms with van der Waals surface area (Å²) in [5.74, 6) is -2.65. The van der Waals surface area contributed by atoms with Crippen molar-refractivity contribution in [3.05, 3.63) is 125 Å². The van der Waals surface area contributed by atoms with Gasteiger partial charge in [-0.2, -0.15) is 0 Å². The number of para-hydroxylation sites is 2. The van der Waals surface area contributed by atoms with E-state index in [0.29, 0.717) is 17.7 Å². The highest BCUT2D eigenvalue weighted by Crippen LogP contribution is 2.31. The van der Waals surface area contributed by atoms with E-state index in [9.17, 15) is 24.6 Å². The summed E-state index contributed by atoms with van der Waals surface area (Å²) in [6, 6.07) is 27.6. The monoisotopic (exact) mass is 467 g/mol. The first-order valence-electron chi connectivity index (χ1n) is 10.7. The summed E-state index contributed by atoms with van der Waals surface area (Å²) >= 11 is 0. The molecule has 7 nitrogen and oxygen atoms in total. The highest BCUT2D eigenvalue weighted by atomic mass is 16.5. The number of ether oxygens (including phenoxy) is 1. The molecule has 0 atom stereocenters. The smallest absolute Gasteiger partial charge is 0.336 e. The lowest BCUT2D eigenvalue weighted by atomic mass is 9.99. The van der Waals surface area contributed by atoms with Crippen LogP contribution in [-0.2, 0) is 6.42 Å². The number of carbonyl (C=O) groups excluding carboxylic acids is 1. The minimum absolute atomic E-state index is 0.124. The van der Waals surface area contributed by atoms with Crippen LogP contribution in [0.4, 0.5) is 5.69 Å². The van der Waals surface area contributed by atoms with Crippen molar-refractivity contribution in [2.24, 2.45) is 0 Å². The SMILES string of the molecule is O=C(Nc1ccccc1Oc1ccc(C(=O)O)c(C(=O)O)c1)c1ccccc1Cc1ccccc1. The van der Waals surface area contributed by atoms with Crippen molar-refractivity contribution in [1.29, 1.82) is 0 Å². The van der Waals surface area contributed by atoms with Gasteiger partial charge in [0, 0.05) is 5.56 Å². The lowest BCUT2D eigenvalue weighted by Crippen LogP contribution is -2.15. The summed E-state index contributed by atoms with van der Waals surface area (Å²) in [6.45, 7) is 0. The van der Waals surface area contributed by atoms with Crippen LogP contribution < -0.4 is 10.1 Å². The molecule has 0 bridgehead atoms. The Morgan fingerprint density at radius 3 is 2.09 bits per heavy atom. The Balaban J connectivity index is 1.58. The molecule has 0 saturated heterocycles.